The second-order valence-electron chi connectivity index (χ2n) is 5.29. The second-order valence-corrected chi connectivity index (χ2v) is 5.29. The van der Waals surface area contributed by atoms with Crippen molar-refractivity contribution in [2.45, 2.75) is 27.2 Å². The Morgan fingerprint density at radius 2 is 2.05 bits per heavy atom. The highest BCUT2D eigenvalue weighted by atomic mass is 19.1. The molecule has 1 aromatic rings. The molecule has 1 amide bonds. The molecule has 110 valence electrons. The number of aryl methyl sites for hydroxylation is 1. The van der Waals surface area contributed by atoms with Crippen LogP contribution in [0.5, 0.6) is 0 Å². The summed E-state index contributed by atoms with van der Waals surface area (Å²) in [4.78, 5) is 23.7. The van der Waals surface area contributed by atoms with Gasteiger partial charge in [-0.2, -0.15) is 0 Å². The van der Waals surface area contributed by atoms with Crippen LogP contribution in [-0.2, 0) is 0 Å². The Labute approximate surface area is 117 Å². The molecule has 0 saturated carbocycles. The summed E-state index contributed by atoms with van der Waals surface area (Å²) in [5, 5.41) is 10.8. The fourth-order valence-corrected chi connectivity index (χ4v) is 1.77. The Balaban J connectivity index is 3.05. The van der Waals surface area contributed by atoms with E-state index in [0.29, 0.717) is 12.5 Å². The maximum Gasteiger partial charge on any atom is 0.270 e. The molecule has 0 aromatic heterocycles. The van der Waals surface area contributed by atoms with Crippen LogP contribution in [0.2, 0.25) is 0 Å². The normalized spacial score (nSPS) is 10.7. The average Bonchev–Trinajstić information content (AvgIpc) is 2.37. The summed E-state index contributed by atoms with van der Waals surface area (Å²) in [5.41, 5.74) is -0.424. The van der Waals surface area contributed by atoms with E-state index >= 15 is 0 Å². The Bertz CT molecular complexity index is 529. The van der Waals surface area contributed by atoms with Gasteiger partial charge in [-0.3, -0.25) is 14.9 Å². The number of halogens is 1. The molecule has 0 aliphatic carbocycles. The van der Waals surface area contributed by atoms with Crippen LogP contribution in [0.4, 0.5) is 10.1 Å². The molecule has 5 nitrogen and oxygen atoms in total. The zero-order valence-electron chi connectivity index (χ0n) is 12.1. The topological polar surface area (TPSA) is 63.5 Å². The zero-order valence-corrected chi connectivity index (χ0v) is 12.1. The van der Waals surface area contributed by atoms with E-state index < -0.39 is 16.6 Å². The Kier molecular flexibility index (Phi) is 5.19. The van der Waals surface area contributed by atoms with Gasteiger partial charge >= 0.3 is 0 Å². The number of benzene rings is 1. The van der Waals surface area contributed by atoms with Gasteiger partial charge in [-0.05, 0) is 24.8 Å². The third-order valence-corrected chi connectivity index (χ3v) is 3.07. The number of nitro groups is 1. The lowest BCUT2D eigenvalue weighted by Crippen LogP contribution is -2.29. The van der Waals surface area contributed by atoms with E-state index in [0.717, 1.165) is 18.6 Å². The van der Waals surface area contributed by atoms with Crippen LogP contribution in [-0.4, -0.2) is 29.3 Å². The maximum atomic E-state index is 14.0. The van der Waals surface area contributed by atoms with Crippen molar-refractivity contribution in [1.82, 2.24) is 4.90 Å². The van der Waals surface area contributed by atoms with E-state index in [1.54, 1.807) is 7.05 Å². The smallest absolute Gasteiger partial charge is 0.270 e. The third-order valence-electron chi connectivity index (χ3n) is 3.07. The SMILES string of the molecule is Cc1cc([N+](=O)[O-])cc(C(=O)N(C)CCC(C)C)c1F. The first-order valence-corrected chi connectivity index (χ1v) is 6.44. The predicted octanol–water partition coefficient (Wildman–Crippen LogP) is 3.16. The largest absolute Gasteiger partial charge is 0.342 e. The molecule has 1 aromatic carbocycles. The van der Waals surface area contributed by atoms with Crippen LogP contribution < -0.4 is 0 Å². The van der Waals surface area contributed by atoms with Crippen molar-refractivity contribution in [3.63, 3.8) is 0 Å². The van der Waals surface area contributed by atoms with E-state index in [9.17, 15) is 19.3 Å². The van der Waals surface area contributed by atoms with E-state index in [4.69, 9.17) is 0 Å². The summed E-state index contributed by atoms with van der Waals surface area (Å²) in [6, 6.07) is 2.12. The van der Waals surface area contributed by atoms with Crippen LogP contribution in [0.25, 0.3) is 0 Å². The van der Waals surface area contributed by atoms with Gasteiger partial charge in [0.1, 0.15) is 5.82 Å². The molecular formula is C14H19FN2O3. The molecular weight excluding hydrogens is 263 g/mol. The molecule has 0 heterocycles. The first kappa shape index (κ1) is 16.1. The molecule has 0 aliphatic rings. The van der Waals surface area contributed by atoms with Gasteiger partial charge in [-0.1, -0.05) is 13.8 Å². The van der Waals surface area contributed by atoms with Crippen molar-refractivity contribution in [2.75, 3.05) is 13.6 Å². The van der Waals surface area contributed by atoms with E-state index in [-0.39, 0.29) is 16.8 Å². The molecule has 1 rings (SSSR count). The number of nitro benzene ring substituents is 1. The van der Waals surface area contributed by atoms with Crippen LogP contribution in [0.3, 0.4) is 0 Å². The number of hydrogen-bond donors (Lipinski definition) is 0. The summed E-state index contributed by atoms with van der Waals surface area (Å²) in [5.74, 6) is -0.811. The Hall–Kier alpha value is -1.98. The van der Waals surface area contributed by atoms with E-state index in [1.807, 2.05) is 13.8 Å². The number of carbonyl (C=O) groups excluding carboxylic acids is 1. The molecule has 0 aliphatic heterocycles. The molecule has 0 radical (unpaired) electrons. The fraction of sp³-hybridized carbons (Fsp3) is 0.500. The molecule has 6 heteroatoms. The molecule has 0 spiro atoms. The highest BCUT2D eigenvalue weighted by molar-refractivity contribution is 5.95. The number of hydrogen-bond acceptors (Lipinski definition) is 3. The minimum absolute atomic E-state index is 0.0970. The average molecular weight is 282 g/mol. The molecule has 0 atom stereocenters. The minimum atomic E-state index is -0.697. The third kappa shape index (κ3) is 3.76. The number of amides is 1. The monoisotopic (exact) mass is 282 g/mol. The first-order valence-electron chi connectivity index (χ1n) is 6.44. The minimum Gasteiger partial charge on any atom is -0.342 e. The lowest BCUT2D eigenvalue weighted by atomic mass is 10.1. The van der Waals surface area contributed by atoms with Crippen molar-refractivity contribution in [3.05, 3.63) is 39.2 Å². The lowest BCUT2D eigenvalue weighted by molar-refractivity contribution is -0.385. The standard InChI is InChI=1S/C14H19FN2O3/c1-9(2)5-6-16(4)14(18)12-8-11(17(19)20)7-10(3)13(12)15/h7-9H,5-6H2,1-4H3. The van der Waals surface area contributed by atoms with Gasteiger partial charge in [0.2, 0.25) is 0 Å². The van der Waals surface area contributed by atoms with Crippen LogP contribution in [0.1, 0.15) is 36.2 Å². The number of carbonyl (C=O) groups is 1. The lowest BCUT2D eigenvalue weighted by Gasteiger charge is -2.19. The van der Waals surface area contributed by atoms with Gasteiger partial charge < -0.3 is 4.90 Å². The van der Waals surface area contributed by atoms with Crippen molar-refractivity contribution in [3.8, 4) is 0 Å². The van der Waals surface area contributed by atoms with Crippen molar-refractivity contribution < 1.29 is 14.1 Å². The predicted molar refractivity (Wildman–Crippen MR) is 74.2 cm³/mol. The van der Waals surface area contributed by atoms with E-state index in [2.05, 4.69) is 0 Å². The zero-order chi connectivity index (χ0) is 15.4. The first-order chi connectivity index (χ1) is 9.23. The molecule has 20 heavy (non-hydrogen) atoms. The molecule has 0 unspecified atom stereocenters. The Morgan fingerprint density at radius 3 is 2.55 bits per heavy atom. The molecule has 0 saturated heterocycles. The maximum absolute atomic E-state index is 14.0. The number of nitrogens with zero attached hydrogens (tertiary/aromatic N) is 2. The second kappa shape index (κ2) is 6.45. The van der Waals surface area contributed by atoms with Crippen molar-refractivity contribution in [2.24, 2.45) is 5.92 Å². The van der Waals surface area contributed by atoms with Gasteiger partial charge in [0.05, 0.1) is 10.5 Å². The highest BCUT2D eigenvalue weighted by Crippen LogP contribution is 2.22. The van der Waals surface area contributed by atoms with Crippen molar-refractivity contribution in [1.29, 1.82) is 0 Å². The Morgan fingerprint density at radius 1 is 1.45 bits per heavy atom. The molecule has 0 N–H and O–H groups in total. The molecule has 0 fully saturated rings. The van der Waals surface area contributed by atoms with Gasteiger partial charge in [0.25, 0.3) is 11.6 Å². The quantitative estimate of drug-likeness (QED) is 0.615. The van der Waals surface area contributed by atoms with Crippen LogP contribution >= 0.6 is 0 Å². The summed E-state index contributed by atoms with van der Waals surface area (Å²) < 4.78 is 14.0. The van der Waals surface area contributed by atoms with Crippen LogP contribution in [0.15, 0.2) is 12.1 Å². The highest BCUT2D eigenvalue weighted by Gasteiger charge is 2.22. The number of rotatable bonds is 5. The van der Waals surface area contributed by atoms with Crippen LogP contribution in [0, 0.1) is 28.8 Å². The van der Waals surface area contributed by atoms with Gasteiger partial charge in [-0.25, -0.2) is 4.39 Å². The summed E-state index contributed by atoms with van der Waals surface area (Å²) in [6.45, 7) is 5.94. The van der Waals surface area contributed by atoms with Gasteiger partial charge in [0, 0.05) is 25.7 Å². The summed E-state index contributed by atoms with van der Waals surface area (Å²) in [6.07, 6.45) is 0.789. The number of non-ortho nitro benzene ring substituents is 1. The van der Waals surface area contributed by atoms with Crippen molar-refractivity contribution >= 4 is 11.6 Å². The summed E-state index contributed by atoms with van der Waals surface area (Å²) in [7, 11) is 1.57. The fourth-order valence-electron chi connectivity index (χ4n) is 1.77. The van der Waals surface area contributed by atoms with Gasteiger partial charge in [-0.15, -0.1) is 0 Å². The van der Waals surface area contributed by atoms with Gasteiger partial charge in [0.15, 0.2) is 0 Å². The van der Waals surface area contributed by atoms with E-state index in [1.165, 1.54) is 11.8 Å². The molecule has 0 bridgehead atoms. The summed E-state index contributed by atoms with van der Waals surface area (Å²) >= 11 is 0.